The summed E-state index contributed by atoms with van der Waals surface area (Å²) in [5, 5.41) is 0.563. The van der Waals surface area contributed by atoms with Crippen molar-refractivity contribution in [2.45, 2.75) is 0 Å². The minimum Gasteiger partial charge on any atom is -0.223 e. The second kappa shape index (κ2) is 9.38. The van der Waals surface area contributed by atoms with Crippen LogP contribution >= 0.6 is 31.8 Å². The zero-order chi connectivity index (χ0) is 19.4. The van der Waals surface area contributed by atoms with Gasteiger partial charge in [-0.1, -0.05) is 9.69 Å². The molecule has 0 aliphatic rings. The Hall–Kier alpha value is 1.16. The molecular formula is C6H24N2O12P4+4. The first-order valence-electron chi connectivity index (χ1n) is 6.04. The lowest BCUT2D eigenvalue weighted by molar-refractivity contribution is -0.0670. The molecule has 0 heterocycles. The van der Waals surface area contributed by atoms with Gasteiger partial charge in [0.15, 0.2) is 12.6 Å². The minimum absolute atomic E-state index is 0.382. The highest BCUT2D eigenvalue weighted by Crippen LogP contribution is 2.52. The van der Waals surface area contributed by atoms with E-state index in [4.69, 9.17) is 44.0 Å². The number of hydrogen-bond donors (Lipinski definition) is 11. The number of hydroxylamine groups is 2. The largest absolute Gasteiger partial charge is 0.426 e. The summed E-state index contributed by atoms with van der Waals surface area (Å²) in [5.41, 5.74) is 0. The maximum atomic E-state index is 9.25. The second-order valence-electron chi connectivity index (χ2n) is 5.02. The third-order valence-electron chi connectivity index (χ3n) is 2.06. The predicted octanol–water partition coefficient (Wildman–Crippen LogP) is -3.01. The van der Waals surface area contributed by atoms with Gasteiger partial charge in [-0.3, -0.25) is 0 Å². The lowest BCUT2D eigenvalue weighted by Gasteiger charge is -2.24. The molecule has 0 aliphatic carbocycles. The summed E-state index contributed by atoms with van der Waals surface area (Å²) in [7, 11) is -17.1. The molecule has 0 saturated heterocycles. The first kappa shape index (κ1) is 25.2. The lowest BCUT2D eigenvalue weighted by atomic mass is 10.6. The Bertz CT molecular complexity index is 308. The van der Waals surface area contributed by atoms with Crippen molar-refractivity contribution in [2.75, 3.05) is 38.6 Å². The molecule has 0 aromatic heterocycles. The van der Waals surface area contributed by atoms with Crippen molar-refractivity contribution in [1.82, 2.24) is 9.96 Å². The third-order valence-corrected chi connectivity index (χ3v) is 4.86. The highest BCUT2D eigenvalue weighted by atomic mass is 31.2. The van der Waals surface area contributed by atoms with Gasteiger partial charge in [-0.2, -0.15) is 53.8 Å². The first-order valence-corrected chi connectivity index (χ1v) is 13.6. The van der Waals surface area contributed by atoms with E-state index in [1.807, 2.05) is 0 Å². The number of rotatable bonds is 11. The summed E-state index contributed by atoms with van der Waals surface area (Å²) >= 11 is 0. The van der Waals surface area contributed by atoms with Crippen LogP contribution in [0.25, 0.3) is 0 Å². The van der Waals surface area contributed by atoms with Crippen LogP contribution in [0.4, 0.5) is 0 Å². The van der Waals surface area contributed by atoms with Crippen LogP contribution in [0, 0.1) is 0 Å². The Morgan fingerprint density at radius 3 is 1.29 bits per heavy atom. The van der Waals surface area contributed by atoms with E-state index in [-0.39, 0.29) is 6.54 Å². The van der Waals surface area contributed by atoms with Crippen LogP contribution in [-0.2, 0) is 4.62 Å². The molecule has 24 heavy (non-hydrogen) atoms. The monoisotopic (exact) mass is 440 g/mol. The molecule has 14 nitrogen and oxygen atoms in total. The fourth-order valence-electron chi connectivity index (χ4n) is 1.54. The van der Waals surface area contributed by atoms with Gasteiger partial charge in [0.1, 0.15) is 6.66 Å². The molecule has 0 rings (SSSR count). The third kappa shape index (κ3) is 16.6. The van der Waals surface area contributed by atoms with Gasteiger partial charge < -0.3 is 0 Å². The Labute approximate surface area is 139 Å². The van der Waals surface area contributed by atoms with Gasteiger partial charge in [-0.15, -0.1) is 0 Å². The van der Waals surface area contributed by atoms with Gasteiger partial charge in [0.25, 0.3) is 0 Å². The molecule has 0 aromatic carbocycles. The fraction of sp³-hybridized carbons (Fsp3) is 1.00. The Morgan fingerprint density at radius 1 is 0.625 bits per heavy atom. The molecule has 0 unspecified atom stereocenters. The van der Waals surface area contributed by atoms with Crippen LogP contribution in [0.1, 0.15) is 0 Å². The van der Waals surface area contributed by atoms with E-state index in [1.165, 1.54) is 0 Å². The summed E-state index contributed by atoms with van der Waals surface area (Å²) in [4.78, 5) is 101. The molecule has 11 N–H and O–H groups in total. The van der Waals surface area contributed by atoms with Gasteiger partial charge in [-0.25, -0.2) is 4.90 Å². The quantitative estimate of drug-likeness (QED) is 0.113. The van der Waals surface area contributed by atoms with Gasteiger partial charge >= 0.3 is 31.8 Å². The molecule has 0 bridgehead atoms. The molecule has 0 fully saturated rings. The zero-order valence-electron chi connectivity index (χ0n) is 12.5. The molecule has 18 heteroatoms. The Kier molecular flexibility index (Phi) is 9.84. The lowest BCUT2D eigenvalue weighted by Crippen LogP contribution is -2.38. The fourth-order valence-corrected chi connectivity index (χ4v) is 4.55. The number of nitrogens with zero attached hydrogens (tertiary/aromatic N) is 2. The van der Waals surface area contributed by atoms with Crippen molar-refractivity contribution in [1.29, 1.82) is 0 Å². The number of hydrogen-bond acceptors (Lipinski definition) is 14. The molecule has 0 saturated carbocycles. The van der Waals surface area contributed by atoms with Crippen LogP contribution in [0.3, 0.4) is 0 Å². The second-order valence-corrected chi connectivity index (χ2v) is 11.9. The van der Waals surface area contributed by atoms with Crippen LogP contribution < -0.4 is 0 Å². The van der Waals surface area contributed by atoms with Gasteiger partial charge in [0.05, 0.1) is 0 Å². The van der Waals surface area contributed by atoms with Gasteiger partial charge in [0.2, 0.25) is 6.29 Å². The van der Waals surface area contributed by atoms with Gasteiger partial charge in [0, 0.05) is 13.1 Å². The standard InChI is InChI=1S/C6H24N2O12P4/c1-21(9,10)20-8(6-24(17,18)19)3-2-7(4-22(11,12)13)5-23(14,15)16/h9-19H,2-6H2,1H3/q+4. The van der Waals surface area contributed by atoms with Crippen molar-refractivity contribution in [3.63, 3.8) is 0 Å². The van der Waals surface area contributed by atoms with E-state index in [0.29, 0.717) is 5.06 Å². The molecule has 0 atom stereocenters. The smallest absolute Gasteiger partial charge is 0.223 e. The minimum atomic E-state index is -4.40. The summed E-state index contributed by atoms with van der Waals surface area (Å²) in [6, 6.07) is 0. The summed E-state index contributed by atoms with van der Waals surface area (Å²) in [6.07, 6.45) is -2.63. The zero-order valence-corrected chi connectivity index (χ0v) is 16.1. The summed E-state index contributed by atoms with van der Waals surface area (Å²) in [5.74, 6) is 0. The summed E-state index contributed by atoms with van der Waals surface area (Å²) < 4.78 is 4.64. The molecule has 146 valence electrons. The van der Waals surface area contributed by atoms with Crippen molar-refractivity contribution >= 4 is 31.8 Å². The SMILES string of the molecule is C[P+](O)(O)ON(CCN(C[P+](O)(O)O)C[P+](O)(O)O)C[P+](O)(O)O. The average Bonchev–Trinajstić information content (AvgIpc) is 2.16. The molecule has 0 spiro atoms. The Morgan fingerprint density at radius 2 is 1.00 bits per heavy atom. The molecule has 0 amide bonds. The van der Waals surface area contributed by atoms with Crippen LogP contribution in [-0.4, -0.2) is 102 Å². The molecule has 0 radical (unpaired) electrons. The Balaban J connectivity index is 4.94. The molecular weight excluding hydrogens is 416 g/mol. The maximum Gasteiger partial charge on any atom is 0.426 e. The normalized spacial score (nSPS) is 14.8. The van der Waals surface area contributed by atoms with Crippen LogP contribution in [0.5, 0.6) is 0 Å². The van der Waals surface area contributed by atoms with Crippen LogP contribution in [0.15, 0.2) is 0 Å². The predicted molar refractivity (Wildman–Crippen MR) is 87.1 cm³/mol. The summed E-state index contributed by atoms with van der Waals surface area (Å²) in [6.45, 7) is 0.0778. The van der Waals surface area contributed by atoms with Crippen molar-refractivity contribution in [2.24, 2.45) is 0 Å². The molecule has 0 aliphatic heterocycles. The maximum absolute atomic E-state index is 9.25. The van der Waals surface area contributed by atoms with Crippen LogP contribution in [0.2, 0.25) is 0 Å². The topological polar surface area (TPSA) is 238 Å². The van der Waals surface area contributed by atoms with E-state index in [9.17, 15) is 9.79 Å². The highest BCUT2D eigenvalue weighted by molar-refractivity contribution is 7.60. The van der Waals surface area contributed by atoms with E-state index in [0.717, 1.165) is 11.6 Å². The van der Waals surface area contributed by atoms with Crippen molar-refractivity contribution in [3.05, 3.63) is 0 Å². The van der Waals surface area contributed by atoms with E-state index < -0.39 is 57.2 Å². The van der Waals surface area contributed by atoms with E-state index >= 15 is 0 Å². The van der Waals surface area contributed by atoms with Crippen molar-refractivity contribution < 1.29 is 58.5 Å². The van der Waals surface area contributed by atoms with Gasteiger partial charge in [-0.05, 0) is 0 Å². The van der Waals surface area contributed by atoms with E-state index in [1.54, 1.807) is 0 Å². The average molecular weight is 440 g/mol. The van der Waals surface area contributed by atoms with E-state index in [2.05, 4.69) is 4.62 Å². The highest BCUT2D eigenvalue weighted by Gasteiger charge is 2.43. The first-order chi connectivity index (χ1) is 10.4. The molecule has 0 aromatic rings. The van der Waals surface area contributed by atoms with Crippen molar-refractivity contribution in [3.8, 4) is 0 Å².